The van der Waals surface area contributed by atoms with Crippen LogP contribution in [0.2, 0.25) is 0 Å². The second-order valence-electron chi connectivity index (χ2n) is 6.93. The highest BCUT2D eigenvalue weighted by atomic mass is 19.4. The maximum absolute atomic E-state index is 12.9. The summed E-state index contributed by atoms with van der Waals surface area (Å²) < 4.78 is 38.6. The average Bonchev–Trinajstić information content (AvgIpc) is 2.78. The fourth-order valence-electron chi connectivity index (χ4n) is 2.93. The second kappa shape index (κ2) is 9.86. The molecular weight excluding hydrogens is 437 g/mol. The van der Waals surface area contributed by atoms with Gasteiger partial charge in [-0.2, -0.15) is 13.2 Å². The molecule has 3 aromatic carbocycles. The fraction of sp³-hybridized carbons (Fsp3) is 0.0870. The van der Waals surface area contributed by atoms with Crippen LogP contribution in [0, 0.1) is 0 Å². The molecule has 0 heterocycles. The third-order valence-corrected chi connectivity index (χ3v) is 4.49. The van der Waals surface area contributed by atoms with E-state index < -0.39 is 29.5 Å². The van der Waals surface area contributed by atoms with E-state index in [1.54, 1.807) is 24.3 Å². The summed E-state index contributed by atoms with van der Waals surface area (Å²) in [4.78, 5) is 36.1. The Kier molecular flexibility index (Phi) is 6.97. The van der Waals surface area contributed by atoms with E-state index in [1.165, 1.54) is 36.4 Å². The summed E-state index contributed by atoms with van der Waals surface area (Å²) in [6, 6.07) is 16.7. The van der Waals surface area contributed by atoms with Crippen LogP contribution in [0.5, 0.6) is 0 Å². The maximum atomic E-state index is 12.9. The average molecular weight is 456 g/mol. The van der Waals surface area contributed by atoms with Gasteiger partial charge in [-0.15, -0.1) is 0 Å². The quantitative estimate of drug-likeness (QED) is 0.429. The smallest absolute Gasteiger partial charge is 0.376 e. The van der Waals surface area contributed by atoms with E-state index in [-0.39, 0.29) is 29.0 Å². The van der Waals surface area contributed by atoms with E-state index in [2.05, 4.69) is 16.0 Å². The number of hydrogen-bond donors (Lipinski definition) is 4. The van der Waals surface area contributed by atoms with Crippen molar-refractivity contribution >= 4 is 34.8 Å². The lowest BCUT2D eigenvalue weighted by Crippen LogP contribution is -2.24. The number of amides is 3. The first kappa shape index (κ1) is 23.3. The number of carbonyl (C=O) groups is 3. The zero-order chi connectivity index (χ0) is 24.0. The topological polar surface area (TPSA) is 113 Å². The SMILES string of the molecule is NC(=O)c1ccccc1NC(=O)CNc1cccc(C(=O)Nc2cccc(C(F)(F)F)c2)c1. The van der Waals surface area contributed by atoms with Crippen LogP contribution in [0.4, 0.5) is 30.2 Å². The number of benzene rings is 3. The predicted octanol–water partition coefficient (Wildman–Crippen LogP) is 4.11. The molecule has 3 amide bonds. The minimum Gasteiger partial charge on any atom is -0.376 e. The minimum atomic E-state index is -4.52. The van der Waals surface area contributed by atoms with Gasteiger partial charge in [0.15, 0.2) is 0 Å². The first-order valence-electron chi connectivity index (χ1n) is 9.65. The molecule has 33 heavy (non-hydrogen) atoms. The highest BCUT2D eigenvalue weighted by Crippen LogP contribution is 2.30. The molecule has 0 saturated carbocycles. The van der Waals surface area contributed by atoms with Crippen molar-refractivity contribution in [2.75, 3.05) is 22.5 Å². The number of primary amides is 1. The number of alkyl halides is 3. The Hall–Kier alpha value is -4.34. The van der Waals surface area contributed by atoms with Gasteiger partial charge in [-0.1, -0.05) is 24.3 Å². The maximum Gasteiger partial charge on any atom is 0.416 e. The number of nitrogens with two attached hydrogens (primary N) is 1. The van der Waals surface area contributed by atoms with Crippen LogP contribution < -0.4 is 21.7 Å². The first-order chi connectivity index (χ1) is 15.6. The highest BCUT2D eigenvalue weighted by Gasteiger charge is 2.30. The summed E-state index contributed by atoms with van der Waals surface area (Å²) in [7, 11) is 0. The van der Waals surface area contributed by atoms with Crippen LogP contribution in [0.25, 0.3) is 0 Å². The van der Waals surface area contributed by atoms with Crippen LogP contribution in [0.15, 0.2) is 72.8 Å². The van der Waals surface area contributed by atoms with Crippen molar-refractivity contribution in [2.45, 2.75) is 6.18 Å². The van der Waals surface area contributed by atoms with Gasteiger partial charge in [0.2, 0.25) is 5.91 Å². The van der Waals surface area contributed by atoms with Gasteiger partial charge in [0, 0.05) is 16.9 Å². The zero-order valence-electron chi connectivity index (χ0n) is 17.1. The predicted molar refractivity (Wildman–Crippen MR) is 118 cm³/mol. The van der Waals surface area contributed by atoms with E-state index in [9.17, 15) is 27.6 Å². The molecule has 0 saturated heterocycles. The van der Waals surface area contributed by atoms with Gasteiger partial charge < -0.3 is 21.7 Å². The lowest BCUT2D eigenvalue weighted by atomic mass is 10.1. The van der Waals surface area contributed by atoms with E-state index >= 15 is 0 Å². The van der Waals surface area contributed by atoms with E-state index in [0.717, 1.165) is 12.1 Å². The molecule has 3 aromatic rings. The van der Waals surface area contributed by atoms with Gasteiger partial charge in [-0.3, -0.25) is 14.4 Å². The Labute approximate surface area is 186 Å². The molecule has 0 spiro atoms. The first-order valence-corrected chi connectivity index (χ1v) is 9.65. The summed E-state index contributed by atoms with van der Waals surface area (Å²) in [6.07, 6.45) is -4.52. The summed E-state index contributed by atoms with van der Waals surface area (Å²) in [5, 5.41) is 7.84. The summed E-state index contributed by atoms with van der Waals surface area (Å²) in [6.45, 7) is -0.175. The number of carbonyl (C=O) groups excluding carboxylic acids is 3. The van der Waals surface area contributed by atoms with Crippen molar-refractivity contribution in [1.82, 2.24) is 0 Å². The van der Waals surface area contributed by atoms with E-state index in [1.807, 2.05) is 0 Å². The molecule has 0 bridgehead atoms. The molecule has 10 heteroatoms. The number of rotatable bonds is 7. The number of hydrogen-bond acceptors (Lipinski definition) is 4. The van der Waals surface area contributed by atoms with Gasteiger partial charge in [0.25, 0.3) is 11.8 Å². The molecule has 5 N–H and O–H groups in total. The Morgan fingerprint density at radius 3 is 2.24 bits per heavy atom. The monoisotopic (exact) mass is 456 g/mol. The Bertz CT molecular complexity index is 1200. The highest BCUT2D eigenvalue weighted by molar-refractivity contribution is 6.05. The number of para-hydroxylation sites is 1. The molecule has 0 fully saturated rings. The molecule has 7 nitrogen and oxygen atoms in total. The van der Waals surface area contributed by atoms with Crippen LogP contribution in [-0.2, 0) is 11.0 Å². The lowest BCUT2D eigenvalue weighted by molar-refractivity contribution is -0.137. The van der Waals surface area contributed by atoms with Crippen LogP contribution in [-0.4, -0.2) is 24.3 Å². The number of halogens is 3. The summed E-state index contributed by atoms with van der Waals surface area (Å²) >= 11 is 0. The zero-order valence-corrected chi connectivity index (χ0v) is 17.1. The third kappa shape index (κ3) is 6.33. The number of anilines is 3. The molecule has 0 atom stereocenters. The lowest BCUT2D eigenvalue weighted by Gasteiger charge is -2.12. The standard InChI is InChI=1S/C23H19F3N4O3/c24-23(25,26)15-6-4-8-17(12-15)29-22(33)14-5-3-7-16(11-14)28-13-20(31)30-19-10-2-1-9-18(19)21(27)32/h1-12,28H,13H2,(H2,27,32)(H,29,33)(H,30,31). The van der Waals surface area contributed by atoms with Gasteiger partial charge in [0.1, 0.15) is 0 Å². The second-order valence-corrected chi connectivity index (χ2v) is 6.93. The number of nitrogens with one attached hydrogen (secondary N) is 3. The largest absolute Gasteiger partial charge is 0.416 e. The molecule has 0 aliphatic rings. The van der Waals surface area contributed by atoms with E-state index in [4.69, 9.17) is 5.73 Å². The van der Waals surface area contributed by atoms with Crippen LogP contribution in [0.1, 0.15) is 26.3 Å². The fourth-order valence-corrected chi connectivity index (χ4v) is 2.93. The van der Waals surface area contributed by atoms with Crippen molar-refractivity contribution in [3.05, 3.63) is 89.5 Å². The van der Waals surface area contributed by atoms with Gasteiger partial charge in [-0.25, -0.2) is 0 Å². The minimum absolute atomic E-state index is 0.000631. The summed E-state index contributed by atoms with van der Waals surface area (Å²) in [5.41, 5.74) is 5.46. The Morgan fingerprint density at radius 1 is 0.818 bits per heavy atom. The van der Waals surface area contributed by atoms with Crippen molar-refractivity contribution in [1.29, 1.82) is 0 Å². The molecule has 0 aliphatic heterocycles. The molecule has 3 rings (SSSR count). The van der Waals surface area contributed by atoms with Gasteiger partial charge in [0.05, 0.1) is 23.4 Å². The Morgan fingerprint density at radius 2 is 1.52 bits per heavy atom. The van der Waals surface area contributed by atoms with Crippen molar-refractivity contribution in [2.24, 2.45) is 5.73 Å². The Balaban J connectivity index is 1.62. The van der Waals surface area contributed by atoms with Gasteiger partial charge in [-0.05, 0) is 48.5 Å². The molecule has 170 valence electrons. The van der Waals surface area contributed by atoms with E-state index in [0.29, 0.717) is 5.69 Å². The molecular formula is C23H19F3N4O3. The van der Waals surface area contributed by atoms with Crippen molar-refractivity contribution in [3.8, 4) is 0 Å². The normalized spacial score (nSPS) is 10.9. The van der Waals surface area contributed by atoms with Crippen molar-refractivity contribution in [3.63, 3.8) is 0 Å². The van der Waals surface area contributed by atoms with Crippen LogP contribution in [0.3, 0.4) is 0 Å². The molecule has 0 aromatic heterocycles. The molecule has 0 radical (unpaired) electrons. The van der Waals surface area contributed by atoms with Gasteiger partial charge >= 0.3 is 6.18 Å². The summed E-state index contributed by atoms with van der Waals surface area (Å²) in [5.74, 6) is -1.75. The molecule has 0 aliphatic carbocycles. The third-order valence-electron chi connectivity index (χ3n) is 4.49. The van der Waals surface area contributed by atoms with Crippen LogP contribution >= 0.6 is 0 Å². The van der Waals surface area contributed by atoms with Crippen molar-refractivity contribution < 1.29 is 27.6 Å². The molecule has 0 unspecified atom stereocenters.